The molecule has 0 saturated carbocycles. The molecule has 0 fully saturated rings. The average Bonchev–Trinajstić information content (AvgIpc) is 3.35. The lowest BCUT2D eigenvalue weighted by Crippen LogP contribution is -2.15. The van der Waals surface area contributed by atoms with Crippen LogP contribution in [0.4, 0.5) is 0 Å². The van der Waals surface area contributed by atoms with Gasteiger partial charge in [0, 0.05) is 10.6 Å². The largest absolute Gasteiger partial charge is 0.496 e. The molecule has 29 heavy (non-hydrogen) atoms. The first-order chi connectivity index (χ1) is 14.1. The Morgan fingerprint density at radius 2 is 1.93 bits per heavy atom. The summed E-state index contributed by atoms with van der Waals surface area (Å²) in [5, 5.41) is 7.87. The van der Waals surface area contributed by atoms with Gasteiger partial charge in [0.1, 0.15) is 17.3 Å². The van der Waals surface area contributed by atoms with Gasteiger partial charge in [-0.25, -0.2) is 9.77 Å². The van der Waals surface area contributed by atoms with Gasteiger partial charge in [-0.3, -0.25) is 0 Å². The van der Waals surface area contributed by atoms with Crippen LogP contribution in [-0.2, 0) is 6.54 Å². The molecule has 0 spiro atoms. The quantitative estimate of drug-likeness (QED) is 0.394. The second-order valence-corrected chi connectivity index (χ2v) is 7.20. The number of aromatic nitrogens is 3. The maximum absolute atomic E-state index is 6.23. The monoisotopic (exact) mass is 426 g/mol. The number of ether oxygens (including phenoxy) is 1. The van der Waals surface area contributed by atoms with Crippen molar-refractivity contribution in [1.82, 2.24) is 14.9 Å². The van der Waals surface area contributed by atoms with Crippen LogP contribution < -0.4 is 10.2 Å². The van der Waals surface area contributed by atoms with Crippen molar-refractivity contribution in [3.8, 4) is 28.5 Å². The molecular formula is C21H19ClN4O2S. The molecule has 2 aromatic carbocycles. The van der Waals surface area contributed by atoms with Crippen molar-refractivity contribution >= 4 is 23.8 Å². The lowest BCUT2D eigenvalue weighted by atomic mass is 10.1. The Morgan fingerprint density at radius 3 is 2.76 bits per heavy atom. The van der Waals surface area contributed by atoms with E-state index in [1.807, 2.05) is 61.5 Å². The van der Waals surface area contributed by atoms with Gasteiger partial charge < -0.3 is 14.6 Å². The zero-order valence-electron chi connectivity index (χ0n) is 15.9. The van der Waals surface area contributed by atoms with Crippen LogP contribution in [0.5, 0.6) is 5.75 Å². The Kier molecular flexibility index (Phi) is 5.42. The Hall–Kier alpha value is -3.03. The number of benzene rings is 2. The third kappa shape index (κ3) is 3.79. The van der Waals surface area contributed by atoms with E-state index in [9.17, 15) is 0 Å². The molecule has 0 amide bonds. The third-order valence-electron chi connectivity index (χ3n) is 4.63. The number of halogens is 1. The number of furan rings is 1. The van der Waals surface area contributed by atoms with Gasteiger partial charge in [0.25, 0.3) is 0 Å². The fourth-order valence-electron chi connectivity index (χ4n) is 3.10. The third-order valence-corrected chi connectivity index (χ3v) is 5.31. The van der Waals surface area contributed by atoms with Crippen LogP contribution in [0, 0.1) is 11.7 Å². The topological polar surface area (TPSA) is 68.0 Å². The Morgan fingerprint density at radius 1 is 1.14 bits per heavy atom. The van der Waals surface area contributed by atoms with Crippen LogP contribution in [0.25, 0.3) is 22.7 Å². The van der Waals surface area contributed by atoms with Crippen molar-refractivity contribution in [3.63, 3.8) is 0 Å². The van der Waals surface area contributed by atoms with E-state index in [2.05, 4.69) is 15.6 Å². The molecule has 0 bridgehead atoms. The van der Waals surface area contributed by atoms with Crippen molar-refractivity contribution in [3.05, 3.63) is 75.7 Å². The molecule has 2 heterocycles. The summed E-state index contributed by atoms with van der Waals surface area (Å²) in [4.78, 5) is 0. The number of para-hydroxylation sites is 1. The molecular weight excluding hydrogens is 408 g/mol. The Balaban J connectivity index is 1.58. The first-order valence-electron chi connectivity index (χ1n) is 8.97. The minimum atomic E-state index is 0.426. The highest BCUT2D eigenvalue weighted by Gasteiger charge is 2.14. The molecule has 148 valence electrons. The van der Waals surface area contributed by atoms with Crippen molar-refractivity contribution in [1.29, 1.82) is 0 Å². The molecule has 2 N–H and O–H groups in total. The molecule has 0 unspecified atom stereocenters. The number of rotatable bonds is 6. The van der Waals surface area contributed by atoms with E-state index in [1.165, 1.54) is 0 Å². The summed E-state index contributed by atoms with van der Waals surface area (Å²) in [6.45, 7) is 2.40. The molecule has 0 aliphatic rings. The maximum atomic E-state index is 6.23. The first-order valence-corrected chi connectivity index (χ1v) is 9.76. The van der Waals surface area contributed by atoms with Crippen LogP contribution >= 0.6 is 23.8 Å². The molecule has 0 radical (unpaired) electrons. The van der Waals surface area contributed by atoms with Crippen molar-refractivity contribution in [2.24, 2.45) is 0 Å². The fourth-order valence-corrected chi connectivity index (χ4v) is 3.47. The van der Waals surface area contributed by atoms with E-state index in [4.69, 9.17) is 33.0 Å². The van der Waals surface area contributed by atoms with Crippen LogP contribution in [0.15, 0.2) is 59.0 Å². The van der Waals surface area contributed by atoms with Gasteiger partial charge in [-0.1, -0.05) is 35.9 Å². The Bertz CT molecular complexity index is 1210. The minimum absolute atomic E-state index is 0.426. The normalized spacial score (nSPS) is 10.9. The van der Waals surface area contributed by atoms with Gasteiger partial charge in [-0.05, 0) is 55.0 Å². The van der Waals surface area contributed by atoms with E-state index in [1.54, 1.807) is 11.8 Å². The van der Waals surface area contributed by atoms with Crippen LogP contribution in [-0.4, -0.2) is 22.0 Å². The van der Waals surface area contributed by atoms with E-state index in [0.717, 1.165) is 28.2 Å². The number of hydrogen-bond donors (Lipinski definition) is 2. The zero-order chi connectivity index (χ0) is 20.4. The van der Waals surface area contributed by atoms with Crippen LogP contribution in [0.3, 0.4) is 0 Å². The second kappa shape index (κ2) is 8.14. The second-order valence-electron chi connectivity index (χ2n) is 6.40. The van der Waals surface area contributed by atoms with E-state index >= 15 is 0 Å². The van der Waals surface area contributed by atoms with Crippen LogP contribution in [0.2, 0.25) is 5.02 Å². The lowest BCUT2D eigenvalue weighted by Gasteiger charge is -2.11. The molecule has 4 aromatic rings. The molecule has 2 aromatic heterocycles. The molecule has 6 nitrogen and oxygen atoms in total. The zero-order valence-corrected chi connectivity index (χ0v) is 17.5. The SMILES string of the molecule is COc1ccccc1-c1n[nH]c(=S)n1NCc1ccc(-c2cccc(Cl)c2C)o1. The summed E-state index contributed by atoms with van der Waals surface area (Å²) >= 11 is 11.6. The minimum Gasteiger partial charge on any atom is -0.496 e. The molecule has 0 saturated heterocycles. The predicted octanol–water partition coefficient (Wildman–Crippen LogP) is 5.58. The van der Waals surface area contributed by atoms with E-state index < -0.39 is 0 Å². The van der Waals surface area contributed by atoms with Gasteiger partial charge in [0.2, 0.25) is 4.77 Å². The first kappa shape index (κ1) is 19.3. The summed E-state index contributed by atoms with van der Waals surface area (Å²) in [6, 6.07) is 17.3. The highest BCUT2D eigenvalue weighted by atomic mass is 35.5. The standard InChI is InChI=1S/C21H19ClN4O2S/c1-13-15(7-5-8-17(13)22)19-11-10-14(28-19)12-23-26-20(24-25-21(26)29)16-6-3-4-9-18(16)27-2/h3-11,23H,12H2,1-2H3,(H,25,29). The molecule has 0 atom stereocenters. The van der Waals surface area contributed by atoms with Crippen molar-refractivity contribution in [2.45, 2.75) is 13.5 Å². The molecule has 8 heteroatoms. The summed E-state index contributed by atoms with van der Waals surface area (Å²) in [6.07, 6.45) is 0. The van der Waals surface area contributed by atoms with Crippen molar-refractivity contribution < 1.29 is 9.15 Å². The Labute approximate surface area is 178 Å². The smallest absolute Gasteiger partial charge is 0.214 e. The summed E-state index contributed by atoms with van der Waals surface area (Å²) in [5.41, 5.74) is 6.04. The number of hydrogen-bond acceptors (Lipinski definition) is 5. The number of aromatic amines is 1. The van der Waals surface area contributed by atoms with Gasteiger partial charge in [-0.2, -0.15) is 5.10 Å². The number of nitrogens with zero attached hydrogens (tertiary/aromatic N) is 2. The maximum Gasteiger partial charge on any atom is 0.214 e. The fraction of sp³-hybridized carbons (Fsp3) is 0.143. The molecule has 0 aliphatic heterocycles. The number of nitrogens with one attached hydrogen (secondary N) is 2. The molecule has 4 rings (SSSR count). The van der Waals surface area contributed by atoms with Gasteiger partial charge >= 0.3 is 0 Å². The summed E-state index contributed by atoms with van der Waals surface area (Å²) in [7, 11) is 1.63. The lowest BCUT2D eigenvalue weighted by molar-refractivity contribution is 0.416. The highest BCUT2D eigenvalue weighted by molar-refractivity contribution is 7.71. The van der Waals surface area contributed by atoms with E-state index in [0.29, 0.717) is 27.9 Å². The van der Waals surface area contributed by atoms with E-state index in [-0.39, 0.29) is 0 Å². The molecule has 0 aliphatic carbocycles. The van der Waals surface area contributed by atoms with Crippen LogP contribution in [0.1, 0.15) is 11.3 Å². The van der Waals surface area contributed by atoms with Gasteiger partial charge in [0.05, 0.1) is 19.2 Å². The summed E-state index contributed by atoms with van der Waals surface area (Å²) in [5.74, 6) is 2.86. The highest BCUT2D eigenvalue weighted by Crippen LogP contribution is 2.30. The van der Waals surface area contributed by atoms with Gasteiger partial charge in [-0.15, -0.1) is 0 Å². The summed E-state index contributed by atoms with van der Waals surface area (Å²) < 4.78 is 13.6. The number of methoxy groups -OCH3 is 1. The predicted molar refractivity (Wildman–Crippen MR) is 116 cm³/mol. The average molecular weight is 427 g/mol. The van der Waals surface area contributed by atoms with Gasteiger partial charge in [0.15, 0.2) is 5.82 Å². The van der Waals surface area contributed by atoms with Crippen molar-refractivity contribution in [2.75, 3.05) is 12.5 Å². The number of H-pyrrole nitrogens is 1.